The predicted octanol–water partition coefficient (Wildman–Crippen LogP) is 3.42. The van der Waals surface area contributed by atoms with E-state index < -0.39 is 0 Å². The Morgan fingerprint density at radius 1 is 1.05 bits per heavy atom. The molecule has 0 aromatic heterocycles. The summed E-state index contributed by atoms with van der Waals surface area (Å²) in [4.78, 5) is 27.0. The van der Waals surface area contributed by atoms with Gasteiger partial charge in [-0.05, 0) is 54.8 Å². The fraction of sp³-hybridized carbons (Fsp3) is 0.895. The van der Waals surface area contributed by atoms with E-state index >= 15 is 0 Å². The molecule has 3 saturated carbocycles. The zero-order valence-electron chi connectivity index (χ0n) is 14.2. The van der Waals surface area contributed by atoms with Crippen molar-refractivity contribution in [2.45, 2.75) is 71.3 Å². The number of carbonyl (C=O) groups excluding carboxylic acids is 2. The van der Waals surface area contributed by atoms with E-state index in [1.807, 2.05) is 11.9 Å². The second kappa shape index (κ2) is 4.58. The Kier molecular flexibility index (Phi) is 3.06. The molecule has 3 heteroatoms. The van der Waals surface area contributed by atoms with E-state index in [2.05, 4.69) is 13.8 Å². The first kappa shape index (κ1) is 14.7. The second-order valence-corrected chi connectivity index (χ2v) is 9.02. The van der Waals surface area contributed by atoms with Gasteiger partial charge in [-0.1, -0.05) is 20.3 Å². The minimum Gasteiger partial charge on any atom is -0.342 e. The second-order valence-electron chi connectivity index (χ2n) is 9.02. The molecular weight excluding hydrogens is 274 g/mol. The summed E-state index contributed by atoms with van der Waals surface area (Å²) < 4.78 is 0. The van der Waals surface area contributed by atoms with Crippen molar-refractivity contribution in [3.8, 4) is 0 Å². The molecule has 1 saturated heterocycles. The zero-order valence-corrected chi connectivity index (χ0v) is 14.2. The molecule has 0 bridgehead atoms. The standard InChI is InChI=1S/C19H29NO2/c1-18-8-4-5-12(18)17-13(6-9-18)19(2)10-7-16(22)20(3)15(19)11-14(17)21/h12-13,15,17H,4-11H2,1-3H3/t12-,13+,15?,17-,18-,19+/m0/s1. The third-order valence-electron chi connectivity index (χ3n) is 8.16. The molecule has 0 spiro atoms. The molecule has 4 fully saturated rings. The normalized spacial score (nSPS) is 51.3. The highest BCUT2D eigenvalue weighted by atomic mass is 16.2. The fourth-order valence-corrected chi connectivity index (χ4v) is 6.78. The lowest BCUT2D eigenvalue weighted by Crippen LogP contribution is -2.63. The van der Waals surface area contributed by atoms with Gasteiger partial charge < -0.3 is 4.90 Å². The molecule has 0 aromatic carbocycles. The SMILES string of the molecule is CN1C(=O)CC[C@@]2(C)C1CC(=O)[C@@H]1[C@H]2CC[C@]2(C)CCC[C@@H]12. The summed E-state index contributed by atoms with van der Waals surface area (Å²) in [5.41, 5.74) is 0.571. The van der Waals surface area contributed by atoms with Crippen molar-refractivity contribution in [1.29, 1.82) is 0 Å². The number of ketones is 1. The molecule has 22 heavy (non-hydrogen) atoms. The number of Topliss-reactive ketones (excluding diaryl/α,β-unsaturated/α-hetero) is 1. The highest BCUT2D eigenvalue weighted by molar-refractivity contribution is 5.86. The van der Waals surface area contributed by atoms with Crippen LogP contribution in [0.3, 0.4) is 0 Å². The Morgan fingerprint density at radius 3 is 2.59 bits per heavy atom. The Balaban J connectivity index is 1.72. The van der Waals surface area contributed by atoms with E-state index in [0.29, 0.717) is 35.9 Å². The van der Waals surface area contributed by atoms with E-state index in [1.165, 1.54) is 32.1 Å². The van der Waals surface area contributed by atoms with E-state index in [1.54, 1.807) is 0 Å². The third-order valence-corrected chi connectivity index (χ3v) is 8.16. The molecule has 1 heterocycles. The summed E-state index contributed by atoms with van der Waals surface area (Å²) in [6, 6.07) is 0.147. The maximum Gasteiger partial charge on any atom is 0.222 e. The van der Waals surface area contributed by atoms with Gasteiger partial charge in [0.05, 0.1) is 0 Å². The van der Waals surface area contributed by atoms with Crippen molar-refractivity contribution in [3.63, 3.8) is 0 Å². The van der Waals surface area contributed by atoms with Gasteiger partial charge in [-0.15, -0.1) is 0 Å². The molecule has 0 aromatic rings. The van der Waals surface area contributed by atoms with Crippen LogP contribution >= 0.6 is 0 Å². The monoisotopic (exact) mass is 303 g/mol. The lowest BCUT2D eigenvalue weighted by molar-refractivity contribution is -0.165. The molecule has 4 aliphatic rings. The minimum absolute atomic E-state index is 0.147. The summed E-state index contributed by atoms with van der Waals surface area (Å²) in [7, 11) is 1.92. The van der Waals surface area contributed by atoms with Gasteiger partial charge in [0, 0.05) is 31.8 Å². The maximum atomic E-state index is 13.0. The molecule has 1 amide bonds. The van der Waals surface area contributed by atoms with Crippen molar-refractivity contribution in [3.05, 3.63) is 0 Å². The van der Waals surface area contributed by atoms with Crippen LogP contribution in [0.4, 0.5) is 0 Å². The van der Waals surface area contributed by atoms with Gasteiger partial charge in [-0.3, -0.25) is 9.59 Å². The Labute approximate surface area is 133 Å². The summed E-state index contributed by atoms with van der Waals surface area (Å²) in [5, 5.41) is 0. The molecule has 3 aliphatic carbocycles. The van der Waals surface area contributed by atoms with Crippen molar-refractivity contribution >= 4 is 11.7 Å². The number of hydrogen-bond acceptors (Lipinski definition) is 2. The van der Waals surface area contributed by atoms with E-state index in [0.717, 1.165) is 6.42 Å². The highest BCUT2D eigenvalue weighted by Gasteiger charge is 2.61. The van der Waals surface area contributed by atoms with Crippen LogP contribution in [0, 0.1) is 28.6 Å². The quantitative estimate of drug-likeness (QED) is 0.687. The third kappa shape index (κ3) is 1.74. The number of likely N-dealkylation sites (tertiary alicyclic amines) is 1. The lowest BCUT2D eigenvalue weighted by Gasteiger charge is -2.60. The topological polar surface area (TPSA) is 37.4 Å². The van der Waals surface area contributed by atoms with E-state index in [-0.39, 0.29) is 23.3 Å². The molecule has 3 nitrogen and oxygen atoms in total. The van der Waals surface area contributed by atoms with Crippen LogP contribution in [0.5, 0.6) is 0 Å². The Bertz CT molecular complexity index is 530. The van der Waals surface area contributed by atoms with Crippen LogP contribution in [0.1, 0.15) is 65.2 Å². The zero-order chi connectivity index (χ0) is 15.7. The fourth-order valence-electron chi connectivity index (χ4n) is 6.78. The van der Waals surface area contributed by atoms with Crippen molar-refractivity contribution in [2.24, 2.45) is 28.6 Å². The molecule has 122 valence electrons. The van der Waals surface area contributed by atoms with Gasteiger partial charge in [0.25, 0.3) is 0 Å². The molecule has 0 radical (unpaired) electrons. The van der Waals surface area contributed by atoms with Crippen molar-refractivity contribution in [2.75, 3.05) is 7.05 Å². The van der Waals surface area contributed by atoms with Gasteiger partial charge in [0.15, 0.2) is 0 Å². The van der Waals surface area contributed by atoms with Gasteiger partial charge >= 0.3 is 0 Å². The minimum atomic E-state index is 0.147. The summed E-state index contributed by atoms with van der Waals surface area (Å²) in [5.74, 6) is 2.09. The van der Waals surface area contributed by atoms with Crippen molar-refractivity contribution in [1.82, 2.24) is 4.90 Å². The predicted molar refractivity (Wildman–Crippen MR) is 85.2 cm³/mol. The first-order chi connectivity index (χ1) is 10.4. The Morgan fingerprint density at radius 2 is 1.82 bits per heavy atom. The van der Waals surface area contributed by atoms with Crippen LogP contribution in [0.2, 0.25) is 0 Å². The largest absolute Gasteiger partial charge is 0.342 e. The summed E-state index contributed by atoms with van der Waals surface area (Å²) in [6.45, 7) is 4.81. The summed E-state index contributed by atoms with van der Waals surface area (Å²) in [6.07, 6.45) is 8.60. The number of carbonyl (C=O) groups is 2. The number of piperidine rings is 1. The number of rotatable bonds is 0. The van der Waals surface area contributed by atoms with E-state index in [9.17, 15) is 9.59 Å². The highest BCUT2D eigenvalue weighted by Crippen LogP contribution is 2.63. The first-order valence-electron chi connectivity index (χ1n) is 9.15. The van der Waals surface area contributed by atoms with Crippen LogP contribution in [-0.2, 0) is 9.59 Å². The van der Waals surface area contributed by atoms with Crippen LogP contribution in [-0.4, -0.2) is 29.7 Å². The Hall–Kier alpha value is -0.860. The van der Waals surface area contributed by atoms with Gasteiger partial charge in [-0.25, -0.2) is 0 Å². The molecular formula is C19H29NO2. The van der Waals surface area contributed by atoms with Gasteiger partial charge in [0.1, 0.15) is 5.78 Å². The maximum absolute atomic E-state index is 13.0. The van der Waals surface area contributed by atoms with Crippen LogP contribution < -0.4 is 0 Å². The first-order valence-corrected chi connectivity index (χ1v) is 9.15. The molecule has 4 rings (SSSR count). The average molecular weight is 303 g/mol. The number of nitrogens with zero attached hydrogens (tertiary/aromatic N) is 1. The van der Waals surface area contributed by atoms with Crippen molar-refractivity contribution < 1.29 is 9.59 Å². The molecule has 1 aliphatic heterocycles. The van der Waals surface area contributed by atoms with Crippen LogP contribution in [0.15, 0.2) is 0 Å². The van der Waals surface area contributed by atoms with Crippen LogP contribution in [0.25, 0.3) is 0 Å². The lowest BCUT2D eigenvalue weighted by atomic mass is 9.47. The smallest absolute Gasteiger partial charge is 0.222 e. The number of amides is 1. The molecule has 6 atom stereocenters. The van der Waals surface area contributed by atoms with Gasteiger partial charge in [0.2, 0.25) is 5.91 Å². The molecule has 0 N–H and O–H groups in total. The van der Waals surface area contributed by atoms with E-state index in [4.69, 9.17) is 0 Å². The number of hydrogen-bond donors (Lipinski definition) is 0. The number of fused-ring (bicyclic) bond motifs is 5. The molecule has 1 unspecified atom stereocenters. The summed E-state index contributed by atoms with van der Waals surface area (Å²) >= 11 is 0. The van der Waals surface area contributed by atoms with Gasteiger partial charge in [-0.2, -0.15) is 0 Å². The average Bonchev–Trinajstić information content (AvgIpc) is 2.87.